The molecule has 1 aliphatic rings. The minimum atomic E-state index is -0.380. The number of carbonyl (C=O) groups is 1. The Kier molecular flexibility index (Phi) is 2.21. The molecule has 0 aromatic rings. The van der Waals surface area contributed by atoms with Crippen molar-refractivity contribution >= 4 is 25.6 Å². The van der Waals surface area contributed by atoms with Crippen LogP contribution in [0.25, 0.3) is 0 Å². The average Bonchev–Trinajstić information content (AvgIpc) is 1.86. The lowest BCUT2D eigenvalue weighted by Crippen LogP contribution is -1.84. The van der Waals surface area contributed by atoms with E-state index in [0.717, 1.165) is 6.21 Å². The molecular weight excluding hydrogens is 114 g/mol. The molecule has 0 aromatic carbocycles. The van der Waals surface area contributed by atoms with E-state index in [1.165, 1.54) is 0 Å². The predicted octanol–water partition coefficient (Wildman–Crippen LogP) is 0.613. The number of hydrogen-bond acceptors (Lipinski definition) is 3. The predicted molar refractivity (Wildman–Crippen MR) is 25.9 cm³/mol. The lowest BCUT2D eigenvalue weighted by Gasteiger charge is -1.55. The fraction of sp³-hybridized carbons (Fsp3) is 0. The molecule has 0 atom stereocenters. The molecular formula is C2HN3OS. The van der Waals surface area contributed by atoms with Crippen LogP contribution in [0.5, 0.6) is 0 Å². The first-order chi connectivity index (χ1) is 2.89. The van der Waals surface area contributed by atoms with E-state index in [2.05, 4.69) is 15.4 Å². The number of rotatable bonds is 0. The first kappa shape index (κ1) is 6.29. The summed E-state index contributed by atoms with van der Waals surface area (Å²) in [7, 11) is 0. The zero-order chi connectivity index (χ0) is 4.41. The molecule has 36 valence electrons. The molecule has 0 saturated heterocycles. The number of amides is 1. The minimum Gasteiger partial charge on any atom is -0.264 e. The summed E-state index contributed by atoms with van der Waals surface area (Å²) in [6.07, 6.45) is 1.06. The van der Waals surface area contributed by atoms with Crippen molar-refractivity contribution in [2.24, 2.45) is 15.4 Å². The molecule has 1 amide bonds. The van der Waals surface area contributed by atoms with Crippen molar-refractivity contribution < 1.29 is 4.79 Å². The van der Waals surface area contributed by atoms with Crippen molar-refractivity contribution in [3.8, 4) is 0 Å². The van der Waals surface area contributed by atoms with Gasteiger partial charge >= 0.3 is 5.91 Å². The number of nitrogens with zero attached hydrogens (tertiary/aromatic N) is 3. The van der Waals surface area contributed by atoms with Gasteiger partial charge in [0, 0.05) is 13.5 Å². The molecule has 7 heavy (non-hydrogen) atoms. The lowest BCUT2D eigenvalue weighted by atomic mass is 10.7. The number of hydrogen-bond donors (Lipinski definition) is 0. The third-order valence-corrected chi connectivity index (χ3v) is 0.363. The Hall–Kier alpha value is -0.710. The van der Waals surface area contributed by atoms with Crippen LogP contribution in [0.15, 0.2) is 15.4 Å². The van der Waals surface area contributed by atoms with Crippen LogP contribution < -0.4 is 0 Å². The van der Waals surface area contributed by atoms with Crippen LogP contribution >= 0.6 is 13.5 Å². The van der Waals surface area contributed by atoms with Crippen molar-refractivity contribution in [2.75, 3.05) is 0 Å². The SMILES string of the molecule is O=C1C=NN=N1.[S]. The number of carbonyl (C=O) groups excluding carboxylic acids is 1. The van der Waals surface area contributed by atoms with E-state index in [0.29, 0.717) is 0 Å². The van der Waals surface area contributed by atoms with Gasteiger partial charge in [0.2, 0.25) is 0 Å². The highest BCUT2D eigenvalue weighted by molar-refractivity contribution is 7.59. The molecule has 0 aliphatic carbocycles. The normalized spacial score (nSPS) is 14.6. The van der Waals surface area contributed by atoms with Gasteiger partial charge < -0.3 is 0 Å². The van der Waals surface area contributed by atoms with E-state index < -0.39 is 0 Å². The van der Waals surface area contributed by atoms with E-state index in [9.17, 15) is 4.79 Å². The maximum atomic E-state index is 9.83. The third-order valence-electron chi connectivity index (χ3n) is 0.363. The highest BCUT2D eigenvalue weighted by Gasteiger charge is 1.94. The van der Waals surface area contributed by atoms with Gasteiger partial charge in [-0.3, -0.25) is 4.79 Å². The lowest BCUT2D eigenvalue weighted by molar-refractivity contribution is -0.111. The monoisotopic (exact) mass is 115 g/mol. The molecule has 0 unspecified atom stereocenters. The zero-order valence-electron chi connectivity index (χ0n) is 3.24. The van der Waals surface area contributed by atoms with Crippen LogP contribution in [0.1, 0.15) is 0 Å². The summed E-state index contributed by atoms with van der Waals surface area (Å²) in [6.45, 7) is 0. The minimum absolute atomic E-state index is 0. The first-order valence-electron chi connectivity index (χ1n) is 1.37. The molecule has 4 nitrogen and oxygen atoms in total. The quantitative estimate of drug-likeness (QED) is 0.456. The average molecular weight is 115 g/mol. The Morgan fingerprint density at radius 1 is 1.57 bits per heavy atom. The van der Waals surface area contributed by atoms with Gasteiger partial charge in [-0.15, -0.1) is 5.10 Å². The second-order valence-electron chi connectivity index (χ2n) is 0.772. The van der Waals surface area contributed by atoms with E-state index in [-0.39, 0.29) is 19.4 Å². The van der Waals surface area contributed by atoms with Gasteiger partial charge in [-0.05, 0) is 5.22 Å². The maximum Gasteiger partial charge on any atom is 0.310 e. The van der Waals surface area contributed by atoms with Crippen molar-refractivity contribution in [3.63, 3.8) is 0 Å². The van der Waals surface area contributed by atoms with Crippen LogP contribution in [-0.4, -0.2) is 12.1 Å². The third kappa shape index (κ3) is 1.45. The van der Waals surface area contributed by atoms with E-state index in [1.54, 1.807) is 0 Å². The molecule has 1 rings (SSSR count). The van der Waals surface area contributed by atoms with Gasteiger partial charge in [-0.25, -0.2) is 0 Å². The molecule has 2 radical (unpaired) electrons. The second kappa shape index (κ2) is 2.46. The van der Waals surface area contributed by atoms with E-state index in [1.807, 2.05) is 0 Å². The first-order valence-corrected chi connectivity index (χ1v) is 1.37. The molecule has 0 fully saturated rings. The van der Waals surface area contributed by atoms with Crippen LogP contribution in [0, 0.1) is 0 Å². The Morgan fingerprint density at radius 3 is 2.43 bits per heavy atom. The van der Waals surface area contributed by atoms with Crippen LogP contribution in [0.3, 0.4) is 0 Å². The zero-order valence-corrected chi connectivity index (χ0v) is 4.05. The summed E-state index contributed by atoms with van der Waals surface area (Å²) < 4.78 is 0. The summed E-state index contributed by atoms with van der Waals surface area (Å²) in [5.41, 5.74) is 0. The molecule has 5 heteroatoms. The Labute approximate surface area is 46.8 Å². The van der Waals surface area contributed by atoms with E-state index >= 15 is 0 Å². The van der Waals surface area contributed by atoms with Crippen LogP contribution in [0.2, 0.25) is 0 Å². The maximum absolute atomic E-state index is 9.83. The highest BCUT2D eigenvalue weighted by Crippen LogP contribution is 1.83. The summed E-state index contributed by atoms with van der Waals surface area (Å²) in [5, 5.41) is 9.16. The van der Waals surface area contributed by atoms with Crippen LogP contribution in [0.4, 0.5) is 0 Å². The fourth-order valence-electron chi connectivity index (χ4n) is 0.171. The van der Waals surface area contributed by atoms with Gasteiger partial charge in [-0.1, -0.05) is 5.11 Å². The van der Waals surface area contributed by atoms with Gasteiger partial charge in [0.05, 0.1) is 0 Å². The summed E-state index contributed by atoms with van der Waals surface area (Å²) >= 11 is 0. The standard InChI is InChI=1S/C2HN3O.S/c6-2-1-3-5-4-2;/h1H;. The molecule has 1 heterocycles. The molecule has 0 bridgehead atoms. The molecule has 0 aromatic heterocycles. The van der Waals surface area contributed by atoms with Gasteiger partial charge in [0.25, 0.3) is 0 Å². The Balaban J connectivity index is 0.000000360. The topological polar surface area (TPSA) is 54.1 Å². The van der Waals surface area contributed by atoms with Gasteiger partial charge in [0.1, 0.15) is 6.21 Å². The summed E-state index contributed by atoms with van der Waals surface area (Å²) in [5.74, 6) is -0.380. The fourth-order valence-corrected chi connectivity index (χ4v) is 0.171. The molecule has 0 spiro atoms. The second-order valence-corrected chi connectivity index (χ2v) is 0.772. The van der Waals surface area contributed by atoms with Gasteiger partial charge in [0.15, 0.2) is 0 Å². The van der Waals surface area contributed by atoms with Crippen LogP contribution in [-0.2, 0) is 4.79 Å². The van der Waals surface area contributed by atoms with Crippen molar-refractivity contribution in [1.82, 2.24) is 0 Å². The van der Waals surface area contributed by atoms with Crippen molar-refractivity contribution in [1.29, 1.82) is 0 Å². The highest BCUT2D eigenvalue weighted by atomic mass is 32.1. The summed E-state index contributed by atoms with van der Waals surface area (Å²) in [6, 6.07) is 0. The smallest absolute Gasteiger partial charge is 0.264 e. The summed E-state index contributed by atoms with van der Waals surface area (Å²) in [4.78, 5) is 9.83. The molecule has 0 N–H and O–H groups in total. The van der Waals surface area contributed by atoms with E-state index in [4.69, 9.17) is 0 Å². The Morgan fingerprint density at radius 2 is 2.29 bits per heavy atom. The van der Waals surface area contributed by atoms with Gasteiger partial charge in [-0.2, -0.15) is 0 Å². The van der Waals surface area contributed by atoms with Crippen molar-refractivity contribution in [3.05, 3.63) is 0 Å². The molecule has 0 saturated carbocycles. The Bertz CT molecular complexity index is 115. The largest absolute Gasteiger partial charge is 0.310 e. The molecule has 1 aliphatic heterocycles. The van der Waals surface area contributed by atoms with Crippen molar-refractivity contribution in [2.45, 2.75) is 0 Å².